The van der Waals surface area contributed by atoms with Gasteiger partial charge in [-0.15, -0.1) is 0 Å². The Balaban J connectivity index is 2.10. The summed E-state index contributed by atoms with van der Waals surface area (Å²) in [5.41, 5.74) is 1.19. The highest BCUT2D eigenvalue weighted by Gasteiger charge is 2.24. The molecule has 112 valence electrons. The standard InChI is InChI=1S/C14H18N4O3/c1-10-6-12(18(20)21)4-5-13(10)15-9-14(2,19)11-7-16-17(3)8-11/h4-8,15,19H,9H2,1-3H3. The van der Waals surface area contributed by atoms with Crippen molar-refractivity contribution in [1.29, 1.82) is 0 Å². The van der Waals surface area contributed by atoms with Gasteiger partial charge in [-0.05, 0) is 25.5 Å². The first-order chi connectivity index (χ1) is 9.79. The molecule has 2 aromatic rings. The second-order valence-corrected chi connectivity index (χ2v) is 5.29. The maximum Gasteiger partial charge on any atom is 0.269 e. The second kappa shape index (κ2) is 5.53. The first-order valence-corrected chi connectivity index (χ1v) is 6.50. The lowest BCUT2D eigenvalue weighted by Crippen LogP contribution is -2.30. The zero-order valence-corrected chi connectivity index (χ0v) is 12.2. The van der Waals surface area contributed by atoms with Crippen LogP contribution in [-0.4, -0.2) is 26.4 Å². The molecule has 0 saturated heterocycles. The van der Waals surface area contributed by atoms with E-state index in [-0.39, 0.29) is 12.2 Å². The topological polar surface area (TPSA) is 93.2 Å². The Morgan fingerprint density at radius 1 is 1.52 bits per heavy atom. The van der Waals surface area contributed by atoms with Crippen molar-refractivity contribution in [1.82, 2.24) is 9.78 Å². The summed E-state index contributed by atoms with van der Waals surface area (Å²) in [6.07, 6.45) is 3.37. The van der Waals surface area contributed by atoms with Gasteiger partial charge in [-0.2, -0.15) is 5.10 Å². The molecule has 7 nitrogen and oxygen atoms in total. The third kappa shape index (κ3) is 3.38. The Bertz CT molecular complexity index is 664. The molecule has 2 rings (SSSR count). The van der Waals surface area contributed by atoms with E-state index in [1.54, 1.807) is 44.0 Å². The minimum absolute atomic E-state index is 0.0528. The summed E-state index contributed by atoms with van der Waals surface area (Å²) in [7, 11) is 1.79. The number of aryl methyl sites for hydroxylation is 2. The molecule has 0 bridgehead atoms. The van der Waals surface area contributed by atoms with Gasteiger partial charge in [0.1, 0.15) is 5.60 Å². The first-order valence-electron chi connectivity index (χ1n) is 6.50. The molecule has 0 fully saturated rings. The van der Waals surface area contributed by atoms with Gasteiger partial charge in [0.15, 0.2) is 0 Å². The second-order valence-electron chi connectivity index (χ2n) is 5.29. The van der Waals surface area contributed by atoms with Crippen LogP contribution in [0.25, 0.3) is 0 Å². The van der Waals surface area contributed by atoms with Crippen molar-refractivity contribution in [3.05, 3.63) is 51.8 Å². The number of nitro benzene ring substituents is 1. The van der Waals surface area contributed by atoms with Crippen molar-refractivity contribution in [2.75, 3.05) is 11.9 Å². The van der Waals surface area contributed by atoms with Gasteiger partial charge in [0.05, 0.1) is 11.1 Å². The van der Waals surface area contributed by atoms with Crippen molar-refractivity contribution in [3.8, 4) is 0 Å². The molecular weight excluding hydrogens is 272 g/mol. The molecule has 1 heterocycles. The number of anilines is 1. The van der Waals surface area contributed by atoms with E-state index in [9.17, 15) is 15.2 Å². The normalized spacial score (nSPS) is 13.7. The quantitative estimate of drug-likeness (QED) is 0.648. The number of rotatable bonds is 5. The van der Waals surface area contributed by atoms with Crippen LogP contribution in [0.5, 0.6) is 0 Å². The Morgan fingerprint density at radius 3 is 2.76 bits per heavy atom. The number of aromatic nitrogens is 2. The molecule has 0 aliphatic heterocycles. The van der Waals surface area contributed by atoms with Gasteiger partial charge in [-0.25, -0.2) is 0 Å². The summed E-state index contributed by atoms with van der Waals surface area (Å²) < 4.78 is 1.63. The Morgan fingerprint density at radius 2 is 2.24 bits per heavy atom. The van der Waals surface area contributed by atoms with E-state index in [0.717, 1.165) is 11.3 Å². The molecule has 2 N–H and O–H groups in total. The maximum absolute atomic E-state index is 10.7. The fraction of sp³-hybridized carbons (Fsp3) is 0.357. The molecule has 0 amide bonds. The Labute approximate surface area is 122 Å². The highest BCUT2D eigenvalue weighted by Crippen LogP contribution is 2.24. The third-order valence-electron chi connectivity index (χ3n) is 3.37. The monoisotopic (exact) mass is 290 g/mol. The van der Waals surface area contributed by atoms with E-state index < -0.39 is 10.5 Å². The predicted octanol–water partition coefficient (Wildman–Crippen LogP) is 1.96. The zero-order valence-electron chi connectivity index (χ0n) is 12.2. The van der Waals surface area contributed by atoms with Crippen LogP contribution in [0, 0.1) is 17.0 Å². The largest absolute Gasteiger partial charge is 0.383 e. The molecule has 21 heavy (non-hydrogen) atoms. The van der Waals surface area contributed by atoms with Crippen molar-refractivity contribution in [3.63, 3.8) is 0 Å². The minimum atomic E-state index is -1.08. The molecule has 1 aromatic heterocycles. The number of nitrogens with one attached hydrogen (secondary N) is 1. The molecule has 0 saturated carbocycles. The van der Waals surface area contributed by atoms with Gasteiger partial charge >= 0.3 is 0 Å². The number of nitro groups is 1. The molecule has 0 aliphatic carbocycles. The van der Waals surface area contributed by atoms with Crippen molar-refractivity contribution >= 4 is 11.4 Å². The van der Waals surface area contributed by atoms with Gasteiger partial charge < -0.3 is 10.4 Å². The number of aliphatic hydroxyl groups is 1. The van der Waals surface area contributed by atoms with Gasteiger partial charge in [-0.3, -0.25) is 14.8 Å². The number of hydrogen-bond acceptors (Lipinski definition) is 5. The number of non-ortho nitro benzene ring substituents is 1. The van der Waals surface area contributed by atoms with E-state index in [4.69, 9.17) is 0 Å². The third-order valence-corrected chi connectivity index (χ3v) is 3.37. The fourth-order valence-corrected chi connectivity index (χ4v) is 2.03. The van der Waals surface area contributed by atoms with Crippen molar-refractivity contribution in [2.24, 2.45) is 7.05 Å². The van der Waals surface area contributed by atoms with Gasteiger partial charge in [0, 0.05) is 43.2 Å². The molecule has 0 radical (unpaired) electrons. The minimum Gasteiger partial charge on any atom is -0.383 e. The highest BCUT2D eigenvalue weighted by molar-refractivity contribution is 5.55. The highest BCUT2D eigenvalue weighted by atomic mass is 16.6. The van der Waals surface area contributed by atoms with Crippen molar-refractivity contribution < 1.29 is 10.0 Å². The van der Waals surface area contributed by atoms with Crippen LogP contribution in [0.4, 0.5) is 11.4 Å². The van der Waals surface area contributed by atoms with E-state index in [2.05, 4.69) is 10.4 Å². The van der Waals surface area contributed by atoms with Crippen LogP contribution in [-0.2, 0) is 12.6 Å². The Kier molecular flexibility index (Phi) is 3.95. The van der Waals surface area contributed by atoms with Gasteiger partial charge in [0.25, 0.3) is 5.69 Å². The molecule has 0 spiro atoms. The summed E-state index contributed by atoms with van der Waals surface area (Å²) in [6, 6.07) is 4.59. The van der Waals surface area contributed by atoms with E-state index in [1.807, 2.05) is 0 Å². The molecule has 7 heteroatoms. The van der Waals surface area contributed by atoms with Crippen LogP contribution in [0.2, 0.25) is 0 Å². The van der Waals surface area contributed by atoms with Gasteiger partial charge in [-0.1, -0.05) is 0 Å². The van der Waals surface area contributed by atoms with E-state index in [1.165, 1.54) is 12.1 Å². The summed E-state index contributed by atoms with van der Waals surface area (Å²) in [5.74, 6) is 0. The smallest absolute Gasteiger partial charge is 0.269 e. The van der Waals surface area contributed by atoms with Gasteiger partial charge in [0.2, 0.25) is 0 Å². The van der Waals surface area contributed by atoms with E-state index >= 15 is 0 Å². The lowest BCUT2D eigenvalue weighted by Gasteiger charge is -2.23. The number of benzene rings is 1. The molecule has 1 aromatic carbocycles. The summed E-state index contributed by atoms with van der Waals surface area (Å²) in [4.78, 5) is 10.3. The van der Waals surface area contributed by atoms with Crippen LogP contribution in [0.15, 0.2) is 30.6 Å². The van der Waals surface area contributed by atoms with Crippen LogP contribution in [0.1, 0.15) is 18.1 Å². The lowest BCUT2D eigenvalue weighted by atomic mass is 9.99. The average molecular weight is 290 g/mol. The Hall–Kier alpha value is -2.41. The number of hydrogen-bond donors (Lipinski definition) is 2. The predicted molar refractivity (Wildman–Crippen MR) is 79.1 cm³/mol. The molecule has 1 unspecified atom stereocenters. The summed E-state index contributed by atoms with van der Waals surface area (Å²) >= 11 is 0. The maximum atomic E-state index is 10.7. The first kappa shape index (κ1) is 15.0. The summed E-state index contributed by atoms with van der Waals surface area (Å²) in [6.45, 7) is 3.75. The van der Waals surface area contributed by atoms with Crippen LogP contribution < -0.4 is 5.32 Å². The average Bonchev–Trinajstić information content (AvgIpc) is 2.84. The zero-order chi connectivity index (χ0) is 15.6. The lowest BCUT2D eigenvalue weighted by molar-refractivity contribution is -0.384. The van der Waals surface area contributed by atoms with Crippen molar-refractivity contribution in [2.45, 2.75) is 19.4 Å². The molecular formula is C14H18N4O3. The summed E-state index contributed by atoms with van der Waals surface area (Å²) in [5, 5.41) is 28.3. The van der Waals surface area contributed by atoms with Crippen LogP contribution >= 0.6 is 0 Å². The fourth-order valence-electron chi connectivity index (χ4n) is 2.03. The van der Waals surface area contributed by atoms with E-state index in [0.29, 0.717) is 5.56 Å². The molecule has 1 atom stereocenters. The van der Waals surface area contributed by atoms with Crippen LogP contribution in [0.3, 0.4) is 0 Å². The number of nitrogens with zero attached hydrogens (tertiary/aromatic N) is 3. The SMILES string of the molecule is Cc1cc([N+](=O)[O-])ccc1NCC(C)(O)c1cnn(C)c1. The molecule has 0 aliphatic rings.